The van der Waals surface area contributed by atoms with Gasteiger partial charge >= 0.3 is 6.03 Å². The summed E-state index contributed by atoms with van der Waals surface area (Å²) in [6.45, 7) is 2.12. The highest BCUT2D eigenvalue weighted by Gasteiger charge is 2.13. The Hall–Kier alpha value is -2.09. The number of nitrogens with one attached hydrogen (secondary N) is 3. The summed E-state index contributed by atoms with van der Waals surface area (Å²) in [6.07, 6.45) is 0. The van der Waals surface area contributed by atoms with Gasteiger partial charge in [-0.3, -0.25) is 0 Å². The van der Waals surface area contributed by atoms with Crippen molar-refractivity contribution in [2.75, 3.05) is 7.05 Å². The zero-order valence-electron chi connectivity index (χ0n) is 13.9. The molecular weight excluding hydrogens is 362 g/mol. The number of carbonyl (C=O) groups is 1. The predicted molar refractivity (Wildman–Crippen MR) is 97.9 cm³/mol. The number of halogens is 1. The largest absolute Gasteiger partial charge is 0.334 e. The predicted octanol–water partition coefficient (Wildman–Crippen LogP) is 2.81. The summed E-state index contributed by atoms with van der Waals surface area (Å²) in [5.41, 5.74) is 1.62. The summed E-state index contributed by atoms with van der Waals surface area (Å²) in [5, 5.41) is 6.14. The molecule has 0 aliphatic heterocycles. The SMILES string of the molecule is CNS(=O)(=O)c1ccc(CNC(=O)NC(C)c2ccccc2Cl)cc1. The van der Waals surface area contributed by atoms with Crippen molar-refractivity contribution < 1.29 is 13.2 Å². The molecule has 2 aromatic rings. The molecule has 3 N–H and O–H groups in total. The van der Waals surface area contributed by atoms with Crippen LogP contribution in [0.15, 0.2) is 53.4 Å². The van der Waals surface area contributed by atoms with Crippen molar-refractivity contribution >= 4 is 27.7 Å². The minimum absolute atomic E-state index is 0.176. The van der Waals surface area contributed by atoms with E-state index in [1.54, 1.807) is 18.2 Å². The number of urea groups is 1. The number of sulfonamides is 1. The fourth-order valence-electron chi connectivity index (χ4n) is 2.24. The number of hydrogen-bond donors (Lipinski definition) is 3. The van der Waals surface area contributed by atoms with Gasteiger partial charge in [-0.25, -0.2) is 17.9 Å². The Morgan fingerprint density at radius 2 is 1.76 bits per heavy atom. The molecule has 0 spiro atoms. The maximum Gasteiger partial charge on any atom is 0.315 e. The van der Waals surface area contributed by atoms with Crippen molar-refractivity contribution in [3.8, 4) is 0 Å². The summed E-state index contributed by atoms with van der Waals surface area (Å²) < 4.78 is 25.6. The Morgan fingerprint density at radius 1 is 1.12 bits per heavy atom. The average molecular weight is 382 g/mol. The second-order valence-electron chi connectivity index (χ2n) is 5.42. The van der Waals surface area contributed by atoms with Crippen molar-refractivity contribution in [3.05, 3.63) is 64.7 Å². The molecule has 0 heterocycles. The molecule has 2 rings (SSSR count). The fraction of sp³-hybridized carbons (Fsp3) is 0.235. The van der Waals surface area contributed by atoms with E-state index in [4.69, 9.17) is 11.6 Å². The lowest BCUT2D eigenvalue weighted by atomic mass is 10.1. The van der Waals surface area contributed by atoms with Crippen LogP contribution in [0.25, 0.3) is 0 Å². The van der Waals surface area contributed by atoms with Gasteiger partial charge in [0.1, 0.15) is 0 Å². The van der Waals surface area contributed by atoms with Crippen LogP contribution in [0.2, 0.25) is 5.02 Å². The Morgan fingerprint density at radius 3 is 2.36 bits per heavy atom. The van der Waals surface area contributed by atoms with Gasteiger partial charge in [-0.15, -0.1) is 0 Å². The Labute approximate surface area is 152 Å². The number of hydrogen-bond acceptors (Lipinski definition) is 3. The molecule has 0 fully saturated rings. The molecule has 1 unspecified atom stereocenters. The van der Waals surface area contributed by atoms with Crippen LogP contribution in [-0.4, -0.2) is 21.5 Å². The van der Waals surface area contributed by atoms with Crippen molar-refractivity contribution in [3.63, 3.8) is 0 Å². The number of rotatable bonds is 6. The summed E-state index contributed by atoms with van der Waals surface area (Å²) >= 11 is 6.11. The summed E-state index contributed by atoms with van der Waals surface area (Å²) in [5.74, 6) is 0. The Balaban J connectivity index is 1.91. The quantitative estimate of drug-likeness (QED) is 0.719. The highest BCUT2D eigenvalue weighted by Crippen LogP contribution is 2.21. The van der Waals surface area contributed by atoms with E-state index in [1.807, 2.05) is 25.1 Å². The molecule has 0 aliphatic carbocycles. The van der Waals surface area contributed by atoms with E-state index in [0.717, 1.165) is 11.1 Å². The number of benzene rings is 2. The Kier molecular flexibility index (Phi) is 6.41. The van der Waals surface area contributed by atoms with E-state index < -0.39 is 10.0 Å². The van der Waals surface area contributed by atoms with Crippen LogP contribution in [0, 0.1) is 0 Å². The van der Waals surface area contributed by atoms with Gasteiger partial charge in [-0.1, -0.05) is 41.9 Å². The van der Waals surface area contributed by atoms with Crippen LogP contribution in [0.4, 0.5) is 4.79 Å². The number of carbonyl (C=O) groups excluding carboxylic acids is 1. The highest BCUT2D eigenvalue weighted by molar-refractivity contribution is 7.89. The van der Waals surface area contributed by atoms with Gasteiger partial charge in [0.15, 0.2) is 0 Å². The van der Waals surface area contributed by atoms with Gasteiger partial charge in [0.25, 0.3) is 0 Å². The molecule has 0 saturated heterocycles. The summed E-state index contributed by atoms with van der Waals surface area (Å²) in [6, 6.07) is 13.0. The lowest BCUT2D eigenvalue weighted by Gasteiger charge is -2.16. The van der Waals surface area contributed by atoms with Gasteiger partial charge in [-0.2, -0.15) is 0 Å². The van der Waals surface area contributed by atoms with Crippen LogP contribution >= 0.6 is 11.6 Å². The molecule has 0 aromatic heterocycles. The van der Waals surface area contributed by atoms with Gasteiger partial charge in [0, 0.05) is 11.6 Å². The topological polar surface area (TPSA) is 87.3 Å². The van der Waals surface area contributed by atoms with E-state index in [9.17, 15) is 13.2 Å². The minimum Gasteiger partial charge on any atom is -0.334 e. The normalized spacial score (nSPS) is 12.4. The van der Waals surface area contributed by atoms with Crippen LogP contribution < -0.4 is 15.4 Å². The molecule has 25 heavy (non-hydrogen) atoms. The fourth-order valence-corrected chi connectivity index (χ4v) is 3.27. The average Bonchev–Trinajstić information content (AvgIpc) is 2.60. The van der Waals surface area contributed by atoms with Crippen molar-refractivity contribution in [2.45, 2.75) is 24.4 Å². The van der Waals surface area contributed by atoms with Crippen molar-refractivity contribution in [1.82, 2.24) is 15.4 Å². The number of amides is 2. The third kappa shape index (κ3) is 5.19. The van der Waals surface area contributed by atoms with Crippen molar-refractivity contribution in [2.24, 2.45) is 0 Å². The third-order valence-corrected chi connectivity index (χ3v) is 5.45. The van der Waals surface area contributed by atoms with Gasteiger partial charge < -0.3 is 10.6 Å². The third-order valence-electron chi connectivity index (χ3n) is 3.67. The van der Waals surface area contributed by atoms with E-state index in [1.165, 1.54) is 19.2 Å². The molecule has 8 heteroatoms. The van der Waals surface area contributed by atoms with Crippen LogP contribution in [0.3, 0.4) is 0 Å². The van der Waals surface area contributed by atoms with Crippen LogP contribution in [0.1, 0.15) is 24.1 Å². The molecule has 2 amide bonds. The second-order valence-corrected chi connectivity index (χ2v) is 7.72. The van der Waals surface area contributed by atoms with Crippen molar-refractivity contribution in [1.29, 1.82) is 0 Å². The summed E-state index contributed by atoms with van der Waals surface area (Å²) in [4.78, 5) is 12.2. The lowest BCUT2D eigenvalue weighted by molar-refractivity contribution is 0.237. The molecule has 0 aliphatic rings. The molecular formula is C17H20ClN3O3S. The lowest BCUT2D eigenvalue weighted by Crippen LogP contribution is -2.36. The maximum atomic E-state index is 12.0. The van der Waals surface area contributed by atoms with Gasteiger partial charge in [-0.05, 0) is 43.3 Å². The summed E-state index contributed by atoms with van der Waals surface area (Å²) in [7, 11) is -2.10. The van der Waals surface area contributed by atoms with Crippen LogP contribution in [-0.2, 0) is 16.6 Å². The monoisotopic (exact) mass is 381 g/mol. The molecule has 134 valence electrons. The molecule has 6 nitrogen and oxygen atoms in total. The first-order valence-corrected chi connectivity index (χ1v) is 9.51. The first kappa shape index (κ1) is 19.2. The Bertz CT molecular complexity index is 838. The van der Waals surface area contributed by atoms with Gasteiger partial charge in [0.2, 0.25) is 10.0 Å². The molecule has 0 bridgehead atoms. The molecule has 0 radical (unpaired) electrons. The molecule has 0 saturated carbocycles. The molecule has 2 aromatic carbocycles. The second kappa shape index (κ2) is 8.33. The highest BCUT2D eigenvalue weighted by atomic mass is 35.5. The molecule has 1 atom stereocenters. The first-order chi connectivity index (χ1) is 11.8. The van der Waals surface area contributed by atoms with Crippen LogP contribution in [0.5, 0.6) is 0 Å². The van der Waals surface area contributed by atoms with Gasteiger partial charge in [0.05, 0.1) is 10.9 Å². The first-order valence-electron chi connectivity index (χ1n) is 7.65. The zero-order chi connectivity index (χ0) is 18.4. The van der Waals surface area contributed by atoms with E-state index >= 15 is 0 Å². The zero-order valence-corrected chi connectivity index (χ0v) is 15.5. The van der Waals surface area contributed by atoms with E-state index in [-0.39, 0.29) is 23.5 Å². The standard InChI is InChI=1S/C17H20ClN3O3S/c1-12(15-5-3-4-6-16(15)18)21-17(22)20-11-13-7-9-14(10-8-13)25(23,24)19-2/h3-10,12,19H,11H2,1-2H3,(H2,20,21,22). The minimum atomic E-state index is -3.46. The smallest absolute Gasteiger partial charge is 0.315 e. The van der Waals surface area contributed by atoms with E-state index in [2.05, 4.69) is 15.4 Å². The van der Waals surface area contributed by atoms with E-state index in [0.29, 0.717) is 5.02 Å². The maximum absolute atomic E-state index is 12.0.